The summed E-state index contributed by atoms with van der Waals surface area (Å²) in [5, 5.41) is 7.60. The molecule has 0 radical (unpaired) electrons. The molecule has 0 aliphatic carbocycles. The van der Waals surface area contributed by atoms with Gasteiger partial charge in [-0.2, -0.15) is 0 Å². The molecule has 0 amide bonds. The van der Waals surface area contributed by atoms with E-state index in [1.807, 2.05) is 0 Å². The average Bonchev–Trinajstić information content (AvgIpc) is 3.82. The van der Waals surface area contributed by atoms with E-state index in [-0.39, 0.29) is 0 Å². The number of hydrogen-bond acceptors (Lipinski definition) is 3. The Morgan fingerprint density at radius 2 is 1.31 bits per heavy atom. The van der Waals surface area contributed by atoms with Crippen LogP contribution in [0.25, 0.3) is 45.4 Å². The highest BCUT2D eigenvalue weighted by Gasteiger charge is 2.26. The van der Waals surface area contributed by atoms with Crippen molar-refractivity contribution in [1.82, 2.24) is 19.5 Å². The van der Waals surface area contributed by atoms with Crippen LogP contribution in [0.4, 0.5) is 0 Å². The number of allylic oxidation sites excluding steroid dienone is 2. The summed E-state index contributed by atoms with van der Waals surface area (Å²) in [4.78, 5) is 23.7. The predicted molar refractivity (Wildman–Crippen MR) is 191 cm³/mol. The van der Waals surface area contributed by atoms with Gasteiger partial charge >= 0.3 is 5.97 Å². The van der Waals surface area contributed by atoms with Gasteiger partial charge in [0.2, 0.25) is 0 Å². The summed E-state index contributed by atoms with van der Waals surface area (Å²) < 4.78 is 2.55. The molecule has 0 atom stereocenters. The first-order chi connectivity index (χ1) is 21.7. The Morgan fingerprint density at radius 1 is 0.756 bits per heavy atom. The highest BCUT2D eigenvalue weighted by atomic mass is 16.4. The summed E-state index contributed by atoms with van der Waals surface area (Å²) in [6.07, 6.45) is 12.0. The van der Waals surface area contributed by atoms with Crippen LogP contribution < -0.4 is 0 Å². The van der Waals surface area contributed by atoms with Gasteiger partial charge in [0.1, 0.15) is 0 Å². The lowest BCUT2D eigenvalue weighted by molar-refractivity contribution is -0.131. The number of nitrogens with one attached hydrogen (secondary N) is 1. The largest absolute Gasteiger partial charge is 0.478 e. The lowest BCUT2D eigenvalue weighted by atomic mass is 9.93. The summed E-state index contributed by atoms with van der Waals surface area (Å²) >= 11 is 0. The van der Waals surface area contributed by atoms with E-state index in [4.69, 9.17) is 15.1 Å². The molecule has 5 rings (SSSR count). The van der Waals surface area contributed by atoms with Crippen molar-refractivity contribution in [1.29, 1.82) is 0 Å². The third kappa shape index (κ3) is 6.33. The number of hydrogen-bond donors (Lipinski definition) is 2. The Kier molecular flexibility index (Phi) is 11.0. The average molecular weight is 607 g/mol. The zero-order chi connectivity index (χ0) is 32.8. The first kappa shape index (κ1) is 33.7. The number of aliphatic carboxylic acids is 1. The van der Waals surface area contributed by atoms with E-state index < -0.39 is 5.97 Å². The number of rotatable bonds is 9. The molecule has 2 aliphatic heterocycles. The van der Waals surface area contributed by atoms with Gasteiger partial charge in [0.15, 0.2) is 0 Å². The van der Waals surface area contributed by atoms with E-state index in [2.05, 4.69) is 102 Å². The SMILES string of the molecule is C=CC(=O)O.CCC1=C(CC)c2nc1c(CC)c1[nH]c(cc3nc(cc4c(CC)c(CC)c(c2CC)n4CC)C=C3)cc1CC. The van der Waals surface area contributed by atoms with Crippen molar-refractivity contribution in [2.24, 2.45) is 0 Å². The number of carboxylic acid groups (broad SMARTS) is 1. The van der Waals surface area contributed by atoms with Crippen LogP contribution in [0.1, 0.15) is 119 Å². The smallest absolute Gasteiger partial charge is 0.327 e. The molecule has 6 heteroatoms. The van der Waals surface area contributed by atoms with Crippen LogP contribution in [0.3, 0.4) is 0 Å². The first-order valence-electron chi connectivity index (χ1n) is 16.8. The Labute approximate surface area is 268 Å². The Balaban J connectivity index is 0.000000854. The Bertz CT molecular complexity index is 1830. The van der Waals surface area contributed by atoms with Crippen LogP contribution in [-0.2, 0) is 43.4 Å². The van der Waals surface area contributed by atoms with Crippen LogP contribution in [0.15, 0.2) is 30.9 Å². The number of carboxylic acids is 1. The maximum Gasteiger partial charge on any atom is 0.327 e. The first-order valence-corrected chi connectivity index (χ1v) is 16.8. The van der Waals surface area contributed by atoms with Gasteiger partial charge in [-0.15, -0.1) is 0 Å². The number of carbonyl (C=O) groups is 1. The maximum absolute atomic E-state index is 9.25. The summed E-state index contributed by atoms with van der Waals surface area (Å²) in [6, 6.07) is 6.80. The topological polar surface area (TPSA) is 83.8 Å². The molecule has 0 aromatic carbocycles. The Hall–Kier alpha value is -4.19. The molecule has 0 fully saturated rings. The number of aromatic amines is 1. The highest BCUT2D eigenvalue weighted by molar-refractivity contribution is 5.96. The summed E-state index contributed by atoms with van der Waals surface area (Å²) in [5.41, 5.74) is 19.3. The van der Waals surface area contributed by atoms with E-state index in [1.165, 1.54) is 66.9 Å². The van der Waals surface area contributed by atoms with E-state index in [0.29, 0.717) is 0 Å². The van der Waals surface area contributed by atoms with Gasteiger partial charge < -0.3 is 14.7 Å². The fourth-order valence-electron chi connectivity index (χ4n) is 7.06. The highest BCUT2D eigenvalue weighted by Crippen LogP contribution is 2.41. The summed E-state index contributed by atoms with van der Waals surface area (Å²) in [7, 11) is 0. The molecule has 3 aromatic heterocycles. The monoisotopic (exact) mass is 606 g/mol. The second-order valence-electron chi connectivity index (χ2n) is 11.4. The van der Waals surface area contributed by atoms with Crippen molar-refractivity contribution in [3.05, 3.63) is 81.4 Å². The third-order valence-corrected chi connectivity index (χ3v) is 9.02. The number of aromatic nitrogens is 4. The number of aryl methyl sites for hydroxylation is 6. The van der Waals surface area contributed by atoms with Crippen molar-refractivity contribution >= 4 is 51.3 Å². The second kappa shape index (κ2) is 14.7. The molecule has 0 saturated heterocycles. The molecule has 6 nitrogen and oxygen atoms in total. The quantitative estimate of drug-likeness (QED) is 0.186. The molecular weight excluding hydrogens is 556 g/mol. The second-order valence-corrected chi connectivity index (χ2v) is 11.4. The normalized spacial score (nSPS) is 12.4. The number of nitrogens with zero attached hydrogens (tertiary/aromatic N) is 3. The van der Waals surface area contributed by atoms with Crippen molar-refractivity contribution in [3.63, 3.8) is 0 Å². The van der Waals surface area contributed by atoms with Crippen LogP contribution >= 0.6 is 0 Å². The zero-order valence-corrected chi connectivity index (χ0v) is 28.5. The summed E-state index contributed by atoms with van der Waals surface area (Å²) in [6.45, 7) is 22.2. The molecular formula is C39H50N4O2. The molecule has 8 bridgehead atoms. The molecule has 3 aromatic rings. The van der Waals surface area contributed by atoms with Gasteiger partial charge in [-0.05, 0) is 110 Å². The minimum Gasteiger partial charge on any atom is -0.478 e. The van der Waals surface area contributed by atoms with Gasteiger partial charge in [-0.1, -0.05) is 55.0 Å². The van der Waals surface area contributed by atoms with Gasteiger partial charge in [0.05, 0.1) is 28.3 Å². The molecule has 0 saturated carbocycles. The van der Waals surface area contributed by atoms with Gasteiger partial charge in [0, 0.05) is 40.3 Å². The minimum atomic E-state index is -0.981. The van der Waals surface area contributed by atoms with Gasteiger partial charge in [0.25, 0.3) is 0 Å². The molecule has 0 spiro atoms. The van der Waals surface area contributed by atoms with Gasteiger partial charge in [-0.25, -0.2) is 14.8 Å². The molecule has 5 heterocycles. The third-order valence-electron chi connectivity index (χ3n) is 9.02. The fourth-order valence-corrected chi connectivity index (χ4v) is 7.06. The van der Waals surface area contributed by atoms with E-state index >= 15 is 0 Å². The Morgan fingerprint density at radius 3 is 1.80 bits per heavy atom. The number of H-pyrrole nitrogens is 1. The summed E-state index contributed by atoms with van der Waals surface area (Å²) in [5.74, 6) is -0.981. The molecule has 2 N–H and O–H groups in total. The van der Waals surface area contributed by atoms with Crippen LogP contribution in [0, 0.1) is 0 Å². The van der Waals surface area contributed by atoms with Crippen molar-refractivity contribution < 1.29 is 9.90 Å². The van der Waals surface area contributed by atoms with Crippen LogP contribution in [0.5, 0.6) is 0 Å². The van der Waals surface area contributed by atoms with E-state index in [9.17, 15) is 4.79 Å². The maximum atomic E-state index is 9.25. The molecule has 238 valence electrons. The van der Waals surface area contributed by atoms with Crippen molar-refractivity contribution in [3.8, 4) is 0 Å². The lowest BCUT2D eigenvalue weighted by Crippen LogP contribution is -2.00. The van der Waals surface area contributed by atoms with Crippen molar-refractivity contribution in [2.45, 2.75) is 107 Å². The van der Waals surface area contributed by atoms with Crippen molar-refractivity contribution in [2.75, 3.05) is 0 Å². The predicted octanol–water partition coefficient (Wildman–Crippen LogP) is 9.78. The standard InChI is InChI=1S/C36H46N4.C3H4O2/c1-9-22-19-25-20-23-17-18-24(37-23)21-32-26(10-2)29(13-5)36(40(32)16-8)31(15-7)35-28(12-4)27(11-3)34(39-35)30(14-6)33(22)38-25;1-2-3(4)5/h17-21,38H,9-16H2,1-8H3;2H,1H2,(H,4,5). The fraction of sp³-hybridized carbons (Fsp3) is 0.410. The zero-order valence-electron chi connectivity index (χ0n) is 28.5. The van der Waals surface area contributed by atoms with E-state index in [1.54, 1.807) is 0 Å². The van der Waals surface area contributed by atoms with Crippen LogP contribution in [0.2, 0.25) is 0 Å². The molecule has 45 heavy (non-hydrogen) atoms. The van der Waals surface area contributed by atoms with E-state index in [0.717, 1.165) is 74.5 Å². The molecule has 0 unspecified atom stereocenters. The molecule has 2 aliphatic rings. The van der Waals surface area contributed by atoms with Gasteiger partial charge in [-0.3, -0.25) is 0 Å². The minimum absolute atomic E-state index is 0.833. The number of fused-ring (bicyclic) bond motifs is 8. The van der Waals surface area contributed by atoms with Crippen LogP contribution in [-0.4, -0.2) is 30.6 Å². The lowest BCUT2D eigenvalue weighted by Gasteiger charge is -2.11.